The van der Waals surface area contributed by atoms with Gasteiger partial charge in [0.05, 0.1) is 0 Å². The zero-order chi connectivity index (χ0) is 11.1. The van der Waals surface area contributed by atoms with Crippen LogP contribution in [0.4, 0.5) is 4.79 Å². The second-order valence-corrected chi connectivity index (χ2v) is 2.86. The van der Waals surface area contributed by atoms with E-state index in [2.05, 4.69) is 17.2 Å². The van der Waals surface area contributed by atoms with Crippen LogP contribution in [0.3, 0.4) is 0 Å². The highest BCUT2D eigenvalue weighted by Crippen LogP contribution is 1.96. The summed E-state index contributed by atoms with van der Waals surface area (Å²) in [6.07, 6.45) is 1.04. The molecule has 3 amide bonds. The maximum absolute atomic E-state index is 11.1. The van der Waals surface area contributed by atoms with Gasteiger partial charge in [-0.05, 0) is 11.6 Å². The molecule has 0 saturated heterocycles. The fraction of sp³-hybridized carbons (Fsp3) is 0.0909. The Bertz CT molecular complexity index is 360. The lowest BCUT2D eigenvalue weighted by Gasteiger charge is -2.04. The number of hydrogen-bond acceptors (Lipinski definition) is 2. The van der Waals surface area contributed by atoms with Gasteiger partial charge < -0.3 is 5.32 Å². The Hall–Kier alpha value is -2.10. The molecule has 1 aromatic rings. The van der Waals surface area contributed by atoms with Crippen LogP contribution in [0.5, 0.6) is 0 Å². The number of rotatable bonds is 3. The summed E-state index contributed by atoms with van der Waals surface area (Å²) in [6.45, 7) is 3.63. The minimum absolute atomic E-state index is 0.386. The van der Waals surface area contributed by atoms with Crippen LogP contribution >= 0.6 is 0 Å². The molecule has 0 aliphatic carbocycles. The Morgan fingerprint density at radius 2 is 1.93 bits per heavy atom. The Balaban J connectivity index is 2.35. The third-order valence-corrected chi connectivity index (χ3v) is 1.72. The molecule has 0 saturated carbocycles. The van der Waals surface area contributed by atoms with Gasteiger partial charge in [-0.1, -0.05) is 36.9 Å². The molecule has 2 N–H and O–H groups in total. The third kappa shape index (κ3) is 4.08. The molecule has 1 aromatic carbocycles. The summed E-state index contributed by atoms with van der Waals surface area (Å²) in [6, 6.07) is 8.90. The van der Waals surface area contributed by atoms with Gasteiger partial charge in [0.25, 0.3) is 5.91 Å². The van der Waals surface area contributed by atoms with Crippen molar-refractivity contribution in [2.45, 2.75) is 6.54 Å². The van der Waals surface area contributed by atoms with E-state index in [1.54, 1.807) is 0 Å². The minimum Gasteiger partial charge on any atom is -0.334 e. The van der Waals surface area contributed by atoms with Crippen LogP contribution < -0.4 is 10.6 Å². The molecule has 0 bridgehead atoms. The second-order valence-electron chi connectivity index (χ2n) is 2.86. The molecule has 1 rings (SSSR count). The first-order chi connectivity index (χ1) is 7.22. The fourth-order valence-corrected chi connectivity index (χ4v) is 0.985. The Labute approximate surface area is 88.0 Å². The van der Waals surface area contributed by atoms with Crippen molar-refractivity contribution in [3.63, 3.8) is 0 Å². The number of imide groups is 1. The van der Waals surface area contributed by atoms with Crippen molar-refractivity contribution in [2.24, 2.45) is 0 Å². The monoisotopic (exact) mass is 204 g/mol. The van der Waals surface area contributed by atoms with Gasteiger partial charge >= 0.3 is 6.03 Å². The molecular formula is C11H12N2O2. The van der Waals surface area contributed by atoms with Gasteiger partial charge in [-0.15, -0.1) is 0 Å². The van der Waals surface area contributed by atoms with Gasteiger partial charge in [0.2, 0.25) is 0 Å². The molecule has 0 atom stereocenters. The van der Waals surface area contributed by atoms with Crippen molar-refractivity contribution >= 4 is 11.9 Å². The van der Waals surface area contributed by atoms with Crippen LogP contribution in [-0.4, -0.2) is 11.9 Å². The van der Waals surface area contributed by atoms with Crippen LogP contribution in [0.2, 0.25) is 0 Å². The number of hydrogen-bond donors (Lipinski definition) is 2. The molecule has 15 heavy (non-hydrogen) atoms. The summed E-state index contributed by atoms with van der Waals surface area (Å²) in [5, 5.41) is 4.64. The number of amides is 3. The van der Waals surface area contributed by atoms with E-state index in [9.17, 15) is 9.59 Å². The van der Waals surface area contributed by atoms with Crippen molar-refractivity contribution in [1.29, 1.82) is 0 Å². The molecule has 0 aliphatic heterocycles. The first-order valence-electron chi connectivity index (χ1n) is 4.47. The molecule has 0 aromatic heterocycles. The predicted octanol–water partition coefficient (Wildman–Crippen LogP) is 1.20. The molecule has 4 nitrogen and oxygen atoms in total. The highest BCUT2D eigenvalue weighted by molar-refractivity contribution is 5.99. The average Bonchev–Trinajstić information content (AvgIpc) is 2.27. The summed E-state index contributed by atoms with van der Waals surface area (Å²) in [5.74, 6) is -0.513. The second kappa shape index (κ2) is 5.59. The molecular weight excluding hydrogens is 192 g/mol. The van der Waals surface area contributed by atoms with E-state index >= 15 is 0 Å². The van der Waals surface area contributed by atoms with Gasteiger partial charge in [0.15, 0.2) is 0 Å². The van der Waals surface area contributed by atoms with Crippen molar-refractivity contribution in [3.05, 3.63) is 48.6 Å². The summed E-state index contributed by atoms with van der Waals surface area (Å²) in [7, 11) is 0. The topological polar surface area (TPSA) is 58.2 Å². The zero-order valence-electron chi connectivity index (χ0n) is 8.19. The van der Waals surface area contributed by atoms with Crippen LogP contribution in [-0.2, 0) is 11.3 Å². The number of urea groups is 1. The van der Waals surface area contributed by atoms with E-state index in [1.807, 2.05) is 30.3 Å². The van der Waals surface area contributed by atoms with E-state index in [0.29, 0.717) is 6.54 Å². The van der Waals surface area contributed by atoms with Crippen LogP contribution in [0.1, 0.15) is 5.56 Å². The number of carbonyl (C=O) groups is 2. The van der Waals surface area contributed by atoms with Crippen LogP contribution in [0.15, 0.2) is 43.0 Å². The lowest BCUT2D eigenvalue weighted by molar-refractivity contribution is -0.115. The maximum Gasteiger partial charge on any atom is 0.321 e. The smallest absolute Gasteiger partial charge is 0.321 e. The summed E-state index contributed by atoms with van der Waals surface area (Å²) >= 11 is 0. The van der Waals surface area contributed by atoms with E-state index in [4.69, 9.17) is 0 Å². The third-order valence-electron chi connectivity index (χ3n) is 1.72. The summed E-state index contributed by atoms with van der Waals surface area (Å²) < 4.78 is 0. The van der Waals surface area contributed by atoms with Gasteiger partial charge in [-0.25, -0.2) is 4.79 Å². The molecule has 0 heterocycles. The summed E-state index contributed by atoms with van der Waals surface area (Å²) in [5.41, 5.74) is 0.971. The number of nitrogens with one attached hydrogen (secondary N) is 2. The van der Waals surface area contributed by atoms with E-state index in [-0.39, 0.29) is 0 Å². The van der Waals surface area contributed by atoms with E-state index in [1.165, 1.54) is 0 Å². The van der Waals surface area contributed by atoms with Crippen LogP contribution in [0.25, 0.3) is 0 Å². The molecule has 0 unspecified atom stereocenters. The zero-order valence-corrected chi connectivity index (χ0v) is 8.19. The standard InChI is InChI=1S/C11H12N2O2/c1-2-10(14)13-11(15)12-8-9-6-4-3-5-7-9/h2-7H,1,8H2,(H2,12,13,14,15). The molecule has 0 spiro atoms. The van der Waals surface area contributed by atoms with Crippen molar-refractivity contribution in [2.75, 3.05) is 0 Å². The lowest BCUT2D eigenvalue weighted by Crippen LogP contribution is -2.38. The maximum atomic E-state index is 11.1. The van der Waals surface area contributed by atoms with E-state index < -0.39 is 11.9 Å². The molecule has 0 fully saturated rings. The molecule has 78 valence electrons. The highest BCUT2D eigenvalue weighted by atomic mass is 16.2. The minimum atomic E-state index is -0.524. The highest BCUT2D eigenvalue weighted by Gasteiger charge is 2.02. The van der Waals surface area contributed by atoms with Gasteiger partial charge in [0.1, 0.15) is 0 Å². The Kier molecular flexibility index (Phi) is 4.09. The van der Waals surface area contributed by atoms with Crippen LogP contribution in [0, 0.1) is 0 Å². The molecule has 0 aliphatic rings. The summed E-state index contributed by atoms with van der Waals surface area (Å²) in [4.78, 5) is 21.8. The lowest BCUT2D eigenvalue weighted by atomic mass is 10.2. The van der Waals surface area contributed by atoms with Crippen molar-refractivity contribution < 1.29 is 9.59 Å². The van der Waals surface area contributed by atoms with Gasteiger partial charge in [0, 0.05) is 6.54 Å². The Morgan fingerprint density at radius 3 is 2.53 bits per heavy atom. The van der Waals surface area contributed by atoms with E-state index in [0.717, 1.165) is 11.6 Å². The normalized spacial score (nSPS) is 9.07. The first kappa shape index (κ1) is 11.0. The van der Waals surface area contributed by atoms with Gasteiger partial charge in [-0.2, -0.15) is 0 Å². The Morgan fingerprint density at radius 1 is 1.27 bits per heavy atom. The van der Waals surface area contributed by atoms with Crippen molar-refractivity contribution in [1.82, 2.24) is 10.6 Å². The van der Waals surface area contributed by atoms with Crippen molar-refractivity contribution in [3.8, 4) is 0 Å². The number of carbonyl (C=O) groups excluding carboxylic acids is 2. The largest absolute Gasteiger partial charge is 0.334 e. The fourth-order valence-electron chi connectivity index (χ4n) is 0.985. The predicted molar refractivity (Wildman–Crippen MR) is 57.0 cm³/mol. The van der Waals surface area contributed by atoms with Gasteiger partial charge in [-0.3, -0.25) is 10.1 Å². The number of benzene rings is 1. The average molecular weight is 204 g/mol. The molecule has 0 radical (unpaired) electrons. The SMILES string of the molecule is C=CC(=O)NC(=O)NCc1ccccc1. The molecule has 4 heteroatoms. The quantitative estimate of drug-likeness (QED) is 0.727. The first-order valence-corrected chi connectivity index (χ1v) is 4.47.